The normalized spacial score (nSPS) is 23.0. The molecule has 0 radical (unpaired) electrons. The van der Waals surface area contributed by atoms with E-state index in [9.17, 15) is 0 Å². The lowest BCUT2D eigenvalue weighted by Crippen LogP contribution is -2.30. The van der Waals surface area contributed by atoms with Gasteiger partial charge in [-0.15, -0.1) is 24.8 Å². The van der Waals surface area contributed by atoms with E-state index in [2.05, 4.69) is 23.9 Å². The van der Waals surface area contributed by atoms with Gasteiger partial charge < -0.3 is 4.74 Å². The van der Waals surface area contributed by atoms with E-state index >= 15 is 0 Å². The van der Waals surface area contributed by atoms with Crippen LogP contribution in [0.1, 0.15) is 19.8 Å². The van der Waals surface area contributed by atoms with Crippen molar-refractivity contribution >= 4 is 24.8 Å². The highest BCUT2D eigenvalue weighted by molar-refractivity contribution is 5.85. The van der Waals surface area contributed by atoms with E-state index in [1.165, 1.54) is 19.4 Å². The largest absolute Gasteiger partial charge is 0.490 e. The van der Waals surface area contributed by atoms with Crippen molar-refractivity contribution in [2.75, 3.05) is 20.2 Å². The molecule has 1 aromatic rings. The first kappa shape index (κ1) is 17.5. The predicted octanol–water partition coefficient (Wildman–Crippen LogP) is 3.03. The van der Waals surface area contributed by atoms with Gasteiger partial charge in [-0.2, -0.15) is 0 Å². The summed E-state index contributed by atoms with van der Waals surface area (Å²) in [5, 5.41) is 0. The Kier molecular flexibility index (Phi) is 8.32. The summed E-state index contributed by atoms with van der Waals surface area (Å²) in [6, 6.07) is 4.42. The molecule has 2 unspecified atom stereocenters. The summed E-state index contributed by atoms with van der Waals surface area (Å²) in [6.07, 6.45) is 6.06. The highest BCUT2D eigenvalue weighted by Gasteiger charge is 2.28. The third-order valence-electron chi connectivity index (χ3n) is 3.43. The molecular weight excluding hydrogens is 271 g/mol. The SMILES string of the molecule is CCC1CC(COc2cccnc2)N(C)C1.Cl.Cl. The molecule has 0 amide bonds. The van der Waals surface area contributed by atoms with Crippen LogP contribution in [0.2, 0.25) is 0 Å². The number of nitrogens with zero attached hydrogens (tertiary/aromatic N) is 2. The highest BCUT2D eigenvalue weighted by Crippen LogP contribution is 2.24. The van der Waals surface area contributed by atoms with Crippen molar-refractivity contribution in [2.24, 2.45) is 5.92 Å². The lowest BCUT2D eigenvalue weighted by molar-refractivity contribution is 0.198. The van der Waals surface area contributed by atoms with E-state index in [1.807, 2.05) is 12.1 Å². The summed E-state index contributed by atoms with van der Waals surface area (Å²) < 4.78 is 5.75. The average molecular weight is 293 g/mol. The van der Waals surface area contributed by atoms with Crippen molar-refractivity contribution in [2.45, 2.75) is 25.8 Å². The lowest BCUT2D eigenvalue weighted by atomic mass is 10.0. The molecule has 1 fully saturated rings. The van der Waals surface area contributed by atoms with Gasteiger partial charge in [-0.3, -0.25) is 9.88 Å². The molecule has 0 aromatic carbocycles. The molecule has 1 aliphatic heterocycles. The molecule has 3 nitrogen and oxygen atoms in total. The van der Waals surface area contributed by atoms with Gasteiger partial charge in [0, 0.05) is 18.8 Å². The minimum Gasteiger partial charge on any atom is -0.490 e. The molecule has 0 bridgehead atoms. The minimum atomic E-state index is 0. The molecule has 2 heterocycles. The number of likely N-dealkylation sites (tertiary alicyclic amines) is 1. The first-order valence-corrected chi connectivity index (χ1v) is 6.02. The second-order valence-corrected chi connectivity index (χ2v) is 4.60. The lowest BCUT2D eigenvalue weighted by Gasteiger charge is -2.19. The van der Waals surface area contributed by atoms with Gasteiger partial charge in [0.25, 0.3) is 0 Å². The zero-order valence-electron chi connectivity index (χ0n) is 10.9. The first-order valence-electron chi connectivity index (χ1n) is 6.02. The number of rotatable bonds is 4. The Labute approximate surface area is 122 Å². The van der Waals surface area contributed by atoms with Crippen LogP contribution in [0.4, 0.5) is 0 Å². The van der Waals surface area contributed by atoms with Gasteiger partial charge in [-0.1, -0.05) is 13.3 Å². The van der Waals surface area contributed by atoms with E-state index < -0.39 is 0 Å². The third kappa shape index (κ3) is 4.63. The third-order valence-corrected chi connectivity index (χ3v) is 3.43. The van der Waals surface area contributed by atoms with Crippen molar-refractivity contribution < 1.29 is 4.74 Å². The Hall–Kier alpha value is -0.510. The Morgan fingerprint density at radius 1 is 1.44 bits per heavy atom. The molecule has 0 N–H and O–H groups in total. The smallest absolute Gasteiger partial charge is 0.137 e. The summed E-state index contributed by atoms with van der Waals surface area (Å²) >= 11 is 0. The van der Waals surface area contributed by atoms with Crippen molar-refractivity contribution in [1.29, 1.82) is 0 Å². The molecule has 2 atom stereocenters. The summed E-state index contributed by atoms with van der Waals surface area (Å²) in [5.74, 6) is 1.71. The van der Waals surface area contributed by atoms with Gasteiger partial charge in [0.2, 0.25) is 0 Å². The number of hydrogen-bond donors (Lipinski definition) is 0. The second kappa shape index (κ2) is 8.57. The molecule has 1 aromatic heterocycles. The molecule has 2 rings (SSSR count). The predicted molar refractivity (Wildman–Crippen MR) is 79.0 cm³/mol. The van der Waals surface area contributed by atoms with E-state index in [-0.39, 0.29) is 24.8 Å². The molecule has 0 saturated carbocycles. The van der Waals surface area contributed by atoms with Gasteiger partial charge in [-0.05, 0) is 31.5 Å². The van der Waals surface area contributed by atoms with Gasteiger partial charge in [0.1, 0.15) is 12.4 Å². The first-order chi connectivity index (χ1) is 7.79. The fraction of sp³-hybridized carbons (Fsp3) is 0.615. The van der Waals surface area contributed by atoms with Crippen molar-refractivity contribution in [3.05, 3.63) is 24.5 Å². The van der Waals surface area contributed by atoms with Gasteiger partial charge in [-0.25, -0.2) is 0 Å². The molecule has 1 aliphatic rings. The van der Waals surface area contributed by atoms with Crippen LogP contribution in [0.15, 0.2) is 24.5 Å². The maximum atomic E-state index is 5.75. The maximum absolute atomic E-state index is 5.75. The Balaban J connectivity index is 0.00000144. The summed E-state index contributed by atoms with van der Waals surface area (Å²) in [7, 11) is 2.19. The molecule has 18 heavy (non-hydrogen) atoms. The van der Waals surface area contributed by atoms with Crippen molar-refractivity contribution in [3.63, 3.8) is 0 Å². The van der Waals surface area contributed by atoms with Crippen LogP contribution >= 0.6 is 24.8 Å². The zero-order valence-corrected chi connectivity index (χ0v) is 12.5. The number of pyridine rings is 1. The summed E-state index contributed by atoms with van der Waals surface area (Å²) in [4.78, 5) is 6.45. The molecule has 0 aliphatic carbocycles. The fourth-order valence-corrected chi connectivity index (χ4v) is 2.31. The van der Waals surface area contributed by atoms with Gasteiger partial charge in [0.15, 0.2) is 0 Å². The fourth-order valence-electron chi connectivity index (χ4n) is 2.31. The van der Waals surface area contributed by atoms with E-state index in [1.54, 1.807) is 12.4 Å². The number of likely N-dealkylation sites (N-methyl/N-ethyl adjacent to an activating group) is 1. The van der Waals surface area contributed by atoms with E-state index in [0.29, 0.717) is 6.04 Å². The molecular formula is C13H22Cl2N2O. The van der Waals surface area contributed by atoms with Crippen LogP contribution < -0.4 is 4.74 Å². The van der Waals surface area contributed by atoms with Crippen LogP contribution in [0.3, 0.4) is 0 Å². The molecule has 104 valence electrons. The zero-order chi connectivity index (χ0) is 11.4. The number of ether oxygens (including phenoxy) is 1. The topological polar surface area (TPSA) is 25.4 Å². The van der Waals surface area contributed by atoms with Crippen LogP contribution in [0.25, 0.3) is 0 Å². The Morgan fingerprint density at radius 2 is 2.22 bits per heavy atom. The van der Waals surface area contributed by atoms with Crippen LogP contribution in [0.5, 0.6) is 5.75 Å². The quantitative estimate of drug-likeness (QED) is 0.853. The molecule has 1 saturated heterocycles. The average Bonchev–Trinajstić information content (AvgIpc) is 2.69. The second-order valence-electron chi connectivity index (χ2n) is 4.60. The maximum Gasteiger partial charge on any atom is 0.137 e. The van der Waals surface area contributed by atoms with Crippen LogP contribution in [-0.2, 0) is 0 Å². The summed E-state index contributed by atoms with van der Waals surface area (Å²) in [6.45, 7) is 4.25. The highest BCUT2D eigenvalue weighted by atomic mass is 35.5. The standard InChI is InChI=1S/C13H20N2O.2ClH/c1-3-11-7-12(15(2)9-11)10-16-13-5-4-6-14-8-13;;/h4-6,8,11-12H,3,7,9-10H2,1-2H3;2*1H. The molecule has 0 spiro atoms. The Bertz CT molecular complexity index is 324. The number of aromatic nitrogens is 1. The number of halogens is 2. The van der Waals surface area contributed by atoms with Crippen molar-refractivity contribution in [1.82, 2.24) is 9.88 Å². The van der Waals surface area contributed by atoms with Gasteiger partial charge >= 0.3 is 0 Å². The van der Waals surface area contributed by atoms with Crippen LogP contribution in [-0.4, -0.2) is 36.1 Å². The Morgan fingerprint density at radius 3 is 2.78 bits per heavy atom. The van der Waals surface area contributed by atoms with Crippen LogP contribution in [0, 0.1) is 5.92 Å². The number of hydrogen-bond acceptors (Lipinski definition) is 3. The molecule has 5 heteroatoms. The van der Waals surface area contributed by atoms with E-state index in [4.69, 9.17) is 4.74 Å². The monoisotopic (exact) mass is 292 g/mol. The van der Waals surface area contributed by atoms with Crippen molar-refractivity contribution in [3.8, 4) is 5.75 Å². The van der Waals surface area contributed by atoms with Gasteiger partial charge in [0.05, 0.1) is 6.20 Å². The summed E-state index contributed by atoms with van der Waals surface area (Å²) in [5.41, 5.74) is 0. The minimum absolute atomic E-state index is 0. The van der Waals surface area contributed by atoms with E-state index in [0.717, 1.165) is 18.3 Å².